The minimum Gasteiger partial charge on any atom is -0.506 e. The number of phenolic OH excluding ortho intramolecular Hbond substituents is 1. The van der Waals surface area contributed by atoms with Gasteiger partial charge in [-0.05, 0) is 62.9 Å². The number of halogens is 2. The van der Waals surface area contributed by atoms with Crippen molar-refractivity contribution in [3.8, 4) is 23.1 Å². The van der Waals surface area contributed by atoms with Crippen molar-refractivity contribution in [3.63, 3.8) is 0 Å². The summed E-state index contributed by atoms with van der Waals surface area (Å²) in [6, 6.07) is 14.4. The number of benzene rings is 2. The lowest BCUT2D eigenvalue weighted by Crippen LogP contribution is -2.16. The summed E-state index contributed by atoms with van der Waals surface area (Å²) in [5.41, 5.74) is 3.79. The van der Waals surface area contributed by atoms with Crippen molar-refractivity contribution in [1.29, 1.82) is 5.26 Å². The van der Waals surface area contributed by atoms with E-state index < -0.39 is 5.56 Å². The van der Waals surface area contributed by atoms with E-state index in [9.17, 15) is 15.2 Å². The number of nitrogens with zero attached hydrogens (tertiary/aromatic N) is 3. The van der Waals surface area contributed by atoms with Gasteiger partial charge in [0, 0.05) is 5.56 Å². The summed E-state index contributed by atoms with van der Waals surface area (Å²) in [6.45, 7) is 0. The highest BCUT2D eigenvalue weighted by molar-refractivity contribution is 14.1. The predicted octanol–water partition coefficient (Wildman–Crippen LogP) is 3.67. The van der Waals surface area contributed by atoms with E-state index in [1.807, 2.05) is 57.3 Å². The molecule has 0 aliphatic carbocycles. The number of rotatable bonds is 4. The van der Waals surface area contributed by atoms with Crippen LogP contribution in [0.1, 0.15) is 11.1 Å². The van der Waals surface area contributed by atoms with E-state index in [0.29, 0.717) is 12.7 Å². The number of hydrogen-bond acceptors (Lipinski definition) is 6. The molecular weight excluding hydrogens is 572 g/mol. The summed E-state index contributed by atoms with van der Waals surface area (Å²) >= 11 is 4.07. The molecule has 0 aliphatic rings. The first-order valence-electron chi connectivity index (χ1n) is 7.56. The van der Waals surface area contributed by atoms with Crippen molar-refractivity contribution in [2.75, 3.05) is 5.43 Å². The van der Waals surface area contributed by atoms with E-state index in [1.165, 1.54) is 0 Å². The van der Waals surface area contributed by atoms with Crippen LogP contribution >= 0.6 is 45.2 Å². The standard InChI is InChI=1S/C18H11I2N5O2/c19-13-6-10(7-14(20)16(13)26)9-22-25-18-23-15(11-4-2-1-3-5-11)12(8-21)17(27)24-18/h1-7,9,26H,(H2,23,24,25,27). The lowest BCUT2D eigenvalue weighted by atomic mass is 10.1. The van der Waals surface area contributed by atoms with Gasteiger partial charge in [-0.2, -0.15) is 10.4 Å². The summed E-state index contributed by atoms with van der Waals surface area (Å²) in [5.74, 6) is 0.351. The summed E-state index contributed by atoms with van der Waals surface area (Å²) in [5, 5.41) is 23.1. The molecule has 0 unspecified atom stereocenters. The Bertz CT molecular complexity index is 1100. The van der Waals surface area contributed by atoms with Crippen molar-refractivity contribution >= 4 is 57.3 Å². The van der Waals surface area contributed by atoms with Gasteiger partial charge in [0.1, 0.15) is 17.4 Å². The van der Waals surface area contributed by atoms with Crippen LogP contribution in [-0.2, 0) is 0 Å². The Labute approximate surface area is 181 Å². The molecule has 1 heterocycles. The van der Waals surface area contributed by atoms with Crippen LogP contribution in [0.4, 0.5) is 5.95 Å². The van der Waals surface area contributed by atoms with E-state index in [2.05, 4.69) is 20.5 Å². The highest BCUT2D eigenvalue weighted by Gasteiger charge is 2.12. The van der Waals surface area contributed by atoms with Crippen LogP contribution in [0.15, 0.2) is 52.4 Å². The van der Waals surface area contributed by atoms with Gasteiger partial charge < -0.3 is 5.11 Å². The molecule has 0 fully saturated rings. The second-order valence-corrected chi connectivity index (χ2v) is 7.64. The first-order valence-corrected chi connectivity index (χ1v) is 9.72. The smallest absolute Gasteiger partial charge is 0.270 e. The summed E-state index contributed by atoms with van der Waals surface area (Å²) in [4.78, 5) is 19.0. The molecule has 0 saturated carbocycles. The SMILES string of the molecule is N#Cc1c(-c2ccccc2)nc(NN=Cc2cc(I)c(O)c(I)c2)[nH]c1=O. The van der Waals surface area contributed by atoms with Gasteiger partial charge in [0.05, 0.1) is 19.0 Å². The molecule has 0 radical (unpaired) electrons. The molecule has 9 heteroatoms. The van der Waals surface area contributed by atoms with Crippen LogP contribution in [0.2, 0.25) is 0 Å². The zero-order valence-corrected chi connectivity index (χ0v) is 17.9. The molecule has 27 heavy (non-hydrogen) atoms. The van der Waals surface area contributed by atoms with Crippen LogP contribution in [0.5, 0.6) is 5.75 Å². The van der Waals surface area contributed by atoms with Crippen molar-refractivity contribution in [3.05, 3.63) is 71.1 Å². The summed E-state index contributed by atoms with van der Waals surface area (Å²) in [6.07, 6.45) is 1.55. The van der Waals surface area contributed by atoms with Gasteiger partial charge in [0.25, 0.3) is 5.56 Å². The number of H-pyrrole nitrogens is 1. The highest BCUT2D eigenvalue weighted by Crippen LogP contribution is 2.26. The number of nitrogens with one attached hydrogen (secondary N) is 2. The molecule has 134 valence electrons. The van der Waals surface area contributed by atoms with Gasteiger partial charge in [0.15, 0.2) is 0 Å². The maximum Gasteiger partial charge on any atom is 0.270 e. The largest absolute Gasteiger partial charge is 0.506 e. The number of nitriles is 1. The topological polar surface area (TPSA) is 114 Å². The van der Waals surface area contributed by atoms with E-state index in [0.717, 1.165) is 5.56 Å². The molecule has 3 rings (SSSR count). The molecule has 0 amide bonds. The quantitative estimate of drug-likeness (QED) is 0.247. The average molecular weight is 583 g/mol. The van der Waals surface area contributed by atoms with Gasteiger partial charge in [-0.1, -0.05) is 30.3 Å². The molecule has 3 N–H and O–H groups in total. The number of aromatic amines is 1. The molecule has 3 aromatic rings. The first kappa shape index (κ1) is 19.3. The van der Waals surface area contributed by atoms with Crippen molar-refractivity contribution < 1.29 is 5.11 Å². The lowest BCUT2D eigenvalue weighted by Gasteiger charge is -2.06. The van der Waals surface area contributed by atoms with Crippen molar-refractivity contribution in [2.24, 2.45) is 5.10 Å². The molecule has 7 nitrogen and oxygen atoms in total. The maximum absolute atomic E-state index is 12.2. The normalized spacial score (nSPS) is 10.7. The number of hydrazone groups is 1. The Morgan fingerprint density at radius 2 is 1.89 bits per heavy atom. The Balaban J connectivity index is 1.91. The minimum atomic E-state index is -0.544. The second-order valence-electron chi connectivity index (χ2n) is 5.32. The third kappa shape index (κ3) is 4.45. The number of aromatic nitrogens is 2. The molecule has 0 atom stereocenters. The van der Waals surface area contributed by atoms with Crippen molar-refractivity contribution in [1.82, 2.24) is 9.97 Å². The van der Waals surface area contributed by atoms with Gasteiger partial charge in [0.2, 0.25) is 5.95 Å². The fourth-order valence-electron chi connectivity index (χ4n) is 2.26. The van der Waals surface area contributed by atoms with Crippen LogP contribution in [-0.4, -0.2) is 21.3 Å². The Morgan fingerprint density at radius 1 is 1.22 bits per heavy atom. The number of hydrogen-bond donors (Lipinski definition) is 3. The molecular formula is C18H11I2N5O2. The molecule has 0 aliphatic heterocycles. The Kier molecular flexibility index (Phi) is 6.07. The fourth-order valence-corrected chi connectivity index (χ4v) is 4.08. The molecule has 1 aromatic heterocycles. The number of aromatic hydroxyl groups is 1. The van der Waals surface area contributed by atoms with Crippen molar-refractivity contribution in [2.45, 2.75) is 0 Å². The summed E-state index contributed by atoms with van der Waals surface area (Å²) in [7, 11) is 0. The van der Waals surface area contributed by atoms with Gasteiger partial charge in [-0.3, -0.25) is 9.78 Å². The highest BCUT2D eigenvalue weighted by atomic mass is 127. The minimum absolute atomic E-state index is 0.0571. The molecule has 0 bridgehead atoms. The lowest BCUT2D eigenvalue weighted by molar-refractivity contribution is 0.467. The van der Waals surface area contributed by atoms with E-state index >= 15 is 0 Å². The van der Waals surface area contributed by atoms with Crippen LogP contribution in [0.25, 0.3) is 11.3 Å². The molecule has 0 spiro atoms. The maximum atomic E-state index is 12.2. The van der Waals surface area contributed by atoms with Gasteiger partial charge in [-0.25, -0.2) is 10.4 Å². The van der Waals surface area contributed by atoms with E-state index in [4.69, 9.17) is 0 Å². The molecule has 0 saturated heterocycles. The van der Waals surface area contributed by atoms with Crippen LogP contribution in [0, 0.1) is 18.5 Å². The van der Waals surface area contributed by atoms with E-state index in [-0.39, 0.29) is 23.0 Å². The van der Waals surface area contributed by atoms with Crippen LogP contribution < -0.4 is 11.0 Å². The fraction of sp³-hybridized carbons (Fsp3) is 0. The molecule has 2 aromatic carbocycles. The van der Waals surface area contributed by atoms with Gasteiger partial charge in [-0.15, -0.1) is 0 Å². The number of anilines is 1. The van der Waals surface area contributed by atoms with Crippen LogP contribution in [0.3, 0.4) is 0 Å². The third-order valence-electron chi connectivity index (χ3n) is 3.50. The predicted molar refractivity (Wildman–Crippen MR) is 120 cm³/mol. The second kappa shape index (κ2) is 8.49. The average Bonchev–Trinajstić information content (AvgIpc) is 2.66. The zero-order valence-electron chi connectivity index (χ0n) is 13.6. The van der Waals surface area contributed by atoms with Gasteiger partial charge >= 0.3 is 0 Å². The zero-order chi connectivity index (χ0) is 19.4. The summed E-state index contributed by atoms with van der Waals surface area (Å²) < 4.78 is 1.41. The Morgan fingerprint density at radius 3 is 2.52 bits per heavy atom. The third-order valence-corrected chi connectivity index (χ3v) is 5.15. The Hall–Kier alpha value is -2.46. The number of phenols is 1. The first-order chi connectivity index (χ1) is 13.0. The van der Waals surface area contributed by atoms with E-state index in [1.54, 1.807) is 42.6 Å². The monoisotopic (exact) mass is 583 g/mol.